The Balaban J connectivity index is 1.59. The minimum Gasteiger partial charge on any atom is -0.507 e. The highest BCUT2D eigenvalue weighted by atomic mass is 16.5. The molecule has 0 atom stereocenters. The van der Waals surface area contributed by atoms with Crippen LogP contribution in [0.15, 0.2) is 54.6 Å². The first-order valence-corrected chi connectivity index (χ1v) is 20.6. The standard InChI is InChI=1S/C45H63N3O6/c1-4-7-10-13-16-19-28-52-34-22-25-37(40(49)31-34)43-44(38-26-23-35(32-41(38)50)53-29-20-17-14-11-8-5-2)46-48-47-45(43)39-27-24-36(33-42(39)51)54-30-21-18-15-12-9-6-3/h22-27,31-33,49-51H,4-21,28-30H2,1-3H3. The molecule has 0 aliphatic carbocycles. The van der Waals surface area contributed by atoms with Crippen LogP contribution >= 0.6 is 0 Å². The van der Waals surface area contributed by atoms with E-state index in [1.807, 2.05) is 0 Å². The summed E-state index contributed by atoms with van der Waals surface area (Å²) in [6.45, 7) is 8.31. The number of benzene rings is 3. The maximum absolute atomic E-state index is 11.5. The molecule has 54 heavy (non-hydrogen) atoms. The lowest BCUT2D eigenvalue weighted by Crippen LogP contribution is -2.02. The van der Waals surface area contributed by atoms with Crippen LogP contribution in [-0.2, 0) is 0 Å². The highest BCUT2D eigenvalue weighted by Crippen LogP contribution is 2.46. The van der Waals surface area contributed by atoms with Crippen molar-refractivity contribution < 1.29 is 29.5 Å². The number of rotatable bonds is 27. The zero-order chi connectivity index (χ0) is 38.4. The average Bonchev–Trinajstić information content (AvgIpc) is 3.17. The number of hydrogen-bond acceptors (Lipinski definition) is 9. The van der Waals surface area contributed by atoms with Crippen molar-refractivity contribution in [1.29, 1.82) is 0 Å². The molecule has 0 unspecified atom stereocenters. The van der Waals surface area contributed by atoms with E-state index in [0.717, 1.165) is 38.5 Å². The zero-order valence-electron chi connectivity index (χ0n) is 33.0. The Morgan fingerprint density at radius 1 is 0.407 bits per heavy atom. The lowest BCUT2D eigenvalue weighted by molar-refractivity contribution is 0.302. The number of phenolic OH excluding ortho intramolecular Hbond substituents is 3. The molecule has 0 bridgehead atoms. The van der Waals surface area contributed by atoms with Gasteiger partial charge in [0.2, 0.25) is 0 Å². The Morgan fingerprint density at radius 2 is 0.722 bits per heavy atom. The van der Waals surface area contributed by atoms with Gasteiger partial charge in [0.1, 0.15) is 45.9 Å². The molecule has 0 aliphatic rings. The van der Waals surface area contributed by atoms with Crippen LogP contribution in [0.4, 0.5) is 0 Å². The Morgan fingerprint density at radius 3 is 1.06 bits per heavy atom. The molecule has 0 radical (unpaired) electrons. The van der Waals surface area contributed by atoms with Crippen LogP contribution in [0.25, 0.3) is 33.6 Å². The summed E-state index contributed by atoms with van der Waals surface area (Å²) < 4.78 is 17.9. The molecular weight excluding hydrogens is 679 g/mol. The molecule has 3 aromatic carbocycles. The van der Waals surface area contributed by atoms with Crippen molar-refractivity contribution >= 4 is 0 Å². The first kappa shape index (κ1) is 42.2. The Hall–Kier alpha value is -4.53. The van der Waals surface area contributed by atoms with E-state index in [2.05, 4.69) is 36.2 Å². The lowest BCUT2D eigenvalue weighted by atomic mass is 9.93. The number of ether oxygens (including phenoxy) is 3. The molecule has 0 saturated carbocycles. The second kappa shape index (κ2) is 24.0. The van der Waals surface area contributed by atoms with Gasteiger partial charge in [-0.25, -0.2) is 0 Å². The van der Waals surface area contributed by atoms with Gasteiger partial charge in [0.15, 0.2) is 0 Å². The maximum atomic E-state index is 11.5. The van der Waals surface area contributed by atoms with Crippen LogP contribution in [0.5, 0.6) is 34.5 Å². The average molecular weight is 742 g/mol. The molecule has 0 fully saturated rings. The molecule has 1 aromatic heterocycles. The van der Waals surface area contributed by atoms with E-state index in [9.17, 15) is 15.3 Å². The van der Waals surface area contributed by atoms with Gasteiger partial charge in [-0.3, -0.25) is 0 Å². The van der Waals surface area contributed by atoms with Gasteiger partial charge in [0.05, 0.1) is 19.8 Å². The van der Waals surface area contributed by atoms with Gasteiger partial charge in [0, 0.05) is 40.5 Å². The third-order valence-electron chi connectivity index (χ3n) is 9.75. The summed E-state index contributed by atoms with van der Waals surface area (Å²) in [7, 11) is 0. The first-order chi connectivity index (χ1) is 26.5. The van der Waals surface area contributed by atoms with Gasteiger partial charge in [-0.05, 0) is 60.9 Å². The molecule has 4 aromatic rings. The SMILES string of the molecule is CCCCCCCCOc1ccc(-c2nnnc(-c3ccc(OCCCCCCCC)cc3O)c2-c2ccc(OCCCCCCCC)cc2O)c(O)c1. The van der Waals surface area contributed by atoms with Crippen molar-refractivity contribution in [2.24, 2.45) is 0 Å². The van der Waals surface area contributed by atoms with Gasteiger partial charge in [0.25, 0.3) is 0 Å². The lowest BCUT2D eigenvalue weighted by Gasteiger charge is -2.17. The van der Waals surface area contributed by atoms with E-state index in [1.165, 1.54) is 77.0 Å². The molecule has 294 valence electrons. The third kappa shape index (κ3) is 13.4. The van der Waals surface area contributed by atoms with Crippen LogP contribution in [0.3, 0.4) is 0 Å². The zero-order valence-corrected chi connectivity index (χ0v) is 33.0. The number of phenols is 3. The topological polar surface area (TPSA) is 127 Å². The maximum Gasteiger partial charge on any atom is 0.128 e. The summed E-state index contributed by atoms with van der Waals surface area (Å²) in [4.78, 5) is 0. The summed E-state index contributed by atoms with van der Waals surface area (Å²) >= 11 is 0. The van der Waals surface area contributed by atoms with Gasteiger partial charge in [-0.1, -0.05) is 117 Å². The van der Waals surface area contributed by atoms with E-state index < -0.39 is 0 Å². The molecule has 1 heterocycles. The van der Waals surface area contributed by atoms with E-state index in [-0.39, 0.29) is 17.2 Å². The van der Waals surface area contributed by atoms with Gasteiger partial charge in [-0.15, -0.1) is 10.2 Å². The Labute approximate surface area is 323 Å². The van der Waals surface area contributed by atoms with Crippen molar-refractivity contribution in [3.63, 3.8) is 0 Å². The summed E-state index contributed by atoms with van der Waals surface area (Å²) in [6, 6.07) is 15.3. The van der Waals surface area contributed by atoms with Crippen molar-refractivity contribution in [2.45, 2.75) is 136 Å². The molecule has 0 aliphatic heterocycles. The number of hydrogen-bond donors (Lipinski definition) is 3. The molecule has 9 heteroatoms. The fourth-order valence-corrected chi connectivity index (χ4v) is 6.59. The molecular formula is C45H63N3O6. The number of nitrogens with zero attached hydrogens (tertiary/aromatic N) is 3. The highest BCUT2D eigenvalue weighted by Gasteiger charge is 2.24. The summed E-state index contributed by atoms with van der Waals surface area (Å²) in [6.07, 6.45) is 20.8. The van der Waals surface area contributed by atoms with Crippen LogP contribution in [-0.4, -0.2) is 50.6 Å². The number of unbranched alkanes of at least 4 members (excludes halogenated alkanes) is 15. The van der Waals surface area contributed by atoms with E-state index in [4.69, 9.17) is 14.2 Å². The second-order valence-electron chi connectivity index (χ2n) is 14.2. The van der Waals surface area contributed by atoms with Crippen LogP contribution < -0.4 is 14.2 Å². The second-order valence-corrected chi connectivity index (χ2v) is 14.2. The Kier molecular flexibility index (Phi) is 18.8. The van der Waals surface area contributed by atoms with Gasteiger partial charge in [-0.2, -0.15) is 0 Å². The molecule has 4 rings (SSSR count). The monoisotopic (exact) mass is 741 g/mol. The third-order valence-corrected chi connectivity index (χ3v) is 9.75. The minimum atomic E-state index is -0.0517. The summed E-state index contributed by atoms with van der Waals surface area (Å²) in [5.74, 6) is 1.50. The molecule has 0 amide bonds. The summed E-state index contributed by atoms with van der Waals surface area (Å²) in [5, 5.41) is 46.9. The van der Waals surface area contributed by atoms with Crippen molar-refractivity contribution in [3.05, 3.63) is 54.6 Å². The summed E-state index contributed by atoms with van der Waals surface area (Å²) in [5.41, 5.74) is 2.15. The molecule has 3 N–H and O–H groups in total. The van der Waals surface area contributed by atoms with Gasteiger partial charge < -0.3 is 29.5 Å². The fourth-order valence-electron chi connectivity index (χ4n) is 6.59. The first-order valence-electron chi connectivity index (χ1n) is 20.6. The quantitative estimate of drug-likeness (QED) is 0.0512. The smallest absolute Gasteiger partial charge is 0.128 e. The van der Waals surface area contributed by atoms with Crippen molar-refractivity contribution in [1.82, 2.24) is 15.4 Å². The van der Waals surface area contributed by atoms with E-state index in [1.54, 1.807) is 54.6 Å². The largest absolute Gasteiger partial charge is 0.507 e. The molecule has 0 saturated heterocycles. The van der Waals surface area contributed by atoms with Crippen molar-refractivity contribution in [3.8, 4) is 68.1 Å². The predicted molar refractivity (Wildman–Crippen MR) is 218 cm³/mol. The Bertz CT molecular complexity index is 1590. The van der Waals surface area contributed by atoms with Crippen LogP contribution in [0, 0.1) is 0 Å². The van der Waals surface area contributed by atoms with Crippen LogP contribution in [0.2, 0.25) is 0 Å². The molecule has 9 nitrogen and oxygen atoms in total. The molecule has 0 spiro atoms. The normalized spacial score (nSPS) is 11.2. The van der Waals surface area contributed by atoms with Gasteiger partial charge >= 0.3 is 0 Å². The fraction of sp³-hybridized carbons (Fsp3) is 0.533. The van der Waals surface area contributed by atoms with Crippen molar-refractivity contribution in [2.75, 3.05) is 19.8 Å². The minimum absolute atomic E-state index is 0.0514. The predicted octanol–water partition coefficient (Wildman–Crippen LogP) is 12.2. The highest BCUT2D eigenvalue weighted by molar-refractivity contribution is 5.95. The number of aromatic nitrogens is 3. The van der Waals surface area contributed by atoms with E-state index >= 15 is 0 Å². The van der Waals surface area contributed by atoms with E-state index in [0.29, 0.717) is 70.7 Å². The van der Waals surface area contributed by atoms with Crippen LogP contribution in [0.1, 0.15) is 136 Å². The number of aromatic hydroxyl groups is 3.